The van der Waals surface area contributed by atoms with Crippen molar-refractivity contribution in [2.45, 2.75) is 36.8 Å². The third kappa shape index (κ3) is 5.02. The first-order valence-corrected chi connectivity index (χ1v) is 9.02. The van der Waals surface area contributed by atoms with Crippen molar-refractivity contribution in [2.75, 3.05) is 13.2 Å². The number of amides is 1. The maximum absolute atomic E-state index is 11.8. The zero-order valence-electron chi connectivity index (χ0n) is 13.2. The van der Waals surface area contributed by atoms with Gasteiger partial charge in [0, 0.05) is 6.61 Å². The first-order valence-electron chi connectivity index (χ1n) is 7.48. The van der Waals surface area contributed by atoms with Gasteiger partial charge >= 0.3 is 5.97 Å². The summed E-state index contributed by atoms with van der Waals surface area (Å²) in [5.41, 5.74) is 0.696. The number of sulfonamides is 1. The Morgan fingerprint density at radius 2 is 2.04 bits per heavy atom. The second kappa shape index (κ2) is 7.73. The fourth-order valence-electron chi connectivity index (χ4n) is 2.31. The van der Waals surface area contributed by atoms with Crippen LogP contribution >= 0.6 is 0 Å². The van der Waals surface area contributed by atoms with E-state index in [1.54, 1.807) is 19.1 Å². The van der Waals surface area contributed by atoms with Crippen LogP contribution in [0.4, 0.5) is 0 Å². The number of ether oxygens (including phenoxy) is 2. The molecule has 1 saturated heterocycles. The molecule has 2 atom stereocenters. The van der Waals surface area contributed by atoms with E-state index in [-0.39, 0.29) is 10.9 Å². The first kappa shape index (κ1) is 18.4. The number of primary sulfonamides is 1. The van der Waals surface area contributed by atoms with Crippen LogP contribution in [-0.4, -0.2) is 39.6 Å². The van der Waals surface area contributed by atoms with Gasteiger partial charge in [-0.2, -0.15) is 0 Å². The van der Waals surface area contributed by atoms with Crippen molar-refractivity contribution < 1.29 is 27.5 Å². The molecule has 1 amide bonds. The smallest absolute Gasteiger partial charge is 0.335 e. The van der Waals surface area contributed by atoms with Crippen molar-refractivity contribution in [3.63, 3.8) is 0 Å². The summed E-state index contributed by atoms with van der Waals surface area (Å²) in [6.07, 6.45) is 0.825. The molecule has 1 fully saturated rings. The van der Waals surface area contributed by atoms with E-state index in [0.29, 0.717) is 18.6 Å². The second-order valence-electron chi connectivity index (χ2n) is 5.51. The van der Waals surface area contributed by atoms with Gasteiger partial charge in [-0.25, -0.2) is 18.4 Å². The predicted octanol–water partition coefficient (Wildman–Crippen LogP) is 0.233. The fourth-order valence-corrected chi connectivity index (χ4v) is 2.82. The fraction of sp³-hybridized carbons (Fsp3) is 0.467. The van der Waals surface area contributed by atoms with E-state index in [0.717, 1.165) is 6.42 Å². The number of rotatable bonds is 6. The van der Waals surface area contributed by atoms with Gasteiger partial charge in [0.15, 0.2) is 12.7 Å². The molecule has 1 aromatic carbocycles. The van der Waals surface area contributed by atoms with E-state index in [9.17, 15) is 18.0 Å². The van der Waals surface area contributed by atoms with Crippen molar-refractivity contribution >= 4 is 21.9 Å². The third-order valence-electron chi connectivity index (χ3n) is 3.62. The van der Waals surface area contributed by atoms with E-state index in [2.05, 4.69) is 5.32 Å². The van der Waals surface area contributed by atoms with Crippen LogP contribution in [0.2, 0.25) is 0 Å². The Kier molecular flexibility index (Phi) is 5.92. The van der Waals surface area contributed by atoms with Gasteiger partial charge in [0.25, 0.3) is 5.91 Å². The van der Waals surface area contributed by atoms with Crippen LogP contribution in [0.5, 0.6) is 0 Å². The monoisotopic (exact) mass is 356 g/mol. The van der Waals surface area contributed by atoms with E-state index in [1.807, 2.05) is 0 Å². The predicted molar refractivity (Wildman–Crippen MR) is 84.3 cm³/mol. The molecule has 3 N–H and O–H groups in total. The molecule has 1 aromatic rings. The summed E-state index contributed by atoms with van der Waals surface area (Å²) >= 11 is 0. The lowest BCUT2D eigenvalue weighted by Crippen LogP contribution is -2.33. The average Bonchev–Trinajstić information content (AvgIpc) is 3.06. The zero-order valence-corrected chi connectivity index (χ0v) is 14.0. The molecule has 0 aliphatic carbocycles. The lowest BCUT2D eigenvalue weighted by molar-refractivity contribution is -0.157. The molecular formula is C15H20N2O6S. The van der Waals surface area contributed by atoms with E-state index in [4.69, 9.17) is 14.6 Å². The number of nitrogens with one attached hydrogen (secondary N) is 1. The summed E-state index contributed by atoms with van der Waals surface area (Å²) in [5, 5.41) is 7.69. The Labute approximate surface area is 140 Å². The highest BCUT2D eigenvalue weighted by atomic mass is 32.2. The number of hydrogen-bond donors (Lipinski definition) is 2. The summed E-state index contributed by atoms with van der Waals surface area (Å²) in [6, 6.07) is 5.47. The number of benzene rings is 1. The maximum Gasteiger partial charge on any atom is 0.335 e. The molecule has 24 heavy (non-hydrogen) atoms. The van der Waals surface area contributed by atoms with Crippen LogP contribution in [0.1, 0.15) is 31.4 Å². The maximum atomic E-state index is 11.8. The van der Waals surface area contributed by atoms with E-state index < -0.39 is 34.6 Å². The SMILES string of the molecule is C[C@H](NC(=O)COC(=O)[C@@H]1CCCO1)c1ccc(S(N)(=O)=O)cc1. The first-order chi connectivity index (χ1) is 11.3. The molecule has 1 aliphatic heterocycles. The molecular weight excluding hydrogens is 336 g/mol. The lowest BCUT2D eigenvalue weighted by atomic mass is 10.1. The Morgan fingerprint density at radius 3 is 2.58 bits per heavy atom. The molecule has 0 saturated carbocycles. The highest BCUT2D eigenvalue weighted by Crippen LogP contribution is 2.16. The van der Waals surface area contributed by atoms with Crippen molar-refractivity contribution in [2.24, 2.45) is 5.14 Å². The Hall–Kier alpha value is -1.97. The number of carbonyl (C=O) groups is 2. The molecule has 8 nitrogen and oxygen atoms in total. The highest BCUT2D eigenvalue weighted by molar-refractivity contribution is 7.89. The summed E-state index contributed by atoms with van der Waals surface area (Å²) in [5.74, 6) is -0.989. The summed E-state index contributed by atoms with van der Waals surface area (Å²) in [6.45, 7) is 1.86. The molecule has 0 radical (unpaired) electrons. The standard InChI is InChI=1S/C15H20N2O6S/c1-10(11-4-6-12(7-5-11)24(16,20)21)17-14(18)9-23-15(19)13-3-2-8-22-13/h4-7,10,13H,2-3,8-9H2,1H3,(H,17,18)(H2,16,20,21)/t10-,13-/m0/s1. The Bertz CT molecular complexity index is 695. The van der Waals surface area contributed by atoms with Gasteiger partial charge in [-0.1, -0.05) is 12.1 Å². The van der Waals surface area contributed by atoms with Crippen molar-refractivity contribution in [1.29, 1.82) is 0 Å². The van der Waals surface area contributed by atoms with E-state index >= 15 is 0 Å². The minimum atomic E-state index is -3.75. The van der Waals surface area contributed by atoms with Crippen molar-refractivity contribution in [3.8, 4) is 0 Å². The molecule has 1 heterocycles. The molecule has 2 rings (SSSR count). The molecule has 132 valence electrons. The van der Waals surface area contributed by atoms with Gasteiger partial charge in [0.05, 0.1) is 10.9 Å². The van der Waals surface area contributed by atoms with Crippen molar-refractivity contribution in [3.05, 3.63) is 29.8 Å². The van der Waals surface area contributed by atoms with Gasteiger partial charge in [0.1, 0.15) is 0 Å². The zero-order chi connectivity index (χ0) is 17.7. The molecule has 0 bridgehead atoms. The Balaban J connectivity index is 1.83. The van der Waals surface area contributed by atoms with Crippen LogP contribution in [0, 0.1) is 0 Å². The average molecular weight is 356 g/mol. The molecule has 9 heteroatoms. The minimum absolute atomic E-state index is 0.00438. The summed E-state index contributed by atoms with van der Waals surface area (Å²) in [7, 11) is -3.75. The van der Waals surface area contributed by atoms with Crippen molar-refractivity contribution in [1.82, 2.24) is 5.32 Å². The highest BCUT2D eigenvalue weighted by Gasteiger charge is 2.25. The topological polar surface area (TPSA) is 125 Å². The second-order valence-corrected chi connectivity index (χ2v) is 7.07. The number of hydrogen-bond acceptors (Lipinski definition) is 6. The van der Waals surface area contributed by atoms with Gasteiger partial charge < -0.3 is 14.8 Å². The largest absolute Gasteiger partial charge is 0.454 e. The minimum Gasteiger partial charge on any atom is -0.454 e. The quantitative estimate of drug-likeness (QED) is 0.703. The molecule has 0 aromatic heterocycles. The number of esters is 1. The number of carbonyl (C=O) groups excluding carboxylic acids is 2. The summed E-state index contributed by atoms with van der Waals surface area (Å²) < 4.78 is 32.5. The lowest BCUT2D eigenvalue weighted by Gasteiger charge is -2.15. The van der Waals surface area contributed by atoms with Crippen LogP contribution < -0.4 is 10.5 Å². The third-order valence-corrected chi connectivity index (χ3v) is 4.55. The van der Waals surface area contributed by atoms with Crippen LogP contribution in [-0.2, 0) is 29.1 Å². The normalized spacial score (nSPS) is 18.8. The Morgan fingerprint density at radius 1 is 1.38 bits per heavy atom. The molecule has 1 aliphatic rings. The van der Waals surface area contributed by atoms with Gasteiger partial charge in [-0.15, -0.1) is 0 Å². The van der Waals surface area contributed by atoms with Crippen LogP contribution in [0.3, 0.4) is 0 Å². The molecule has 0 spiro atoms. The van der Waals surface area contributed by atoms with Gasteiger partial charge in [-0.3, -0.25) is 4.79 Å². The van der Waals surface area contributed by atoms with Gasteiger partial charge in [-0.05, 0) is 37.5 Å². The number of nitrogens with two attached hydrogens (primary N) is 1. The van der Waals surface area contributed by atoms with Crippen LogP contribution in [0.15, 0.2) is 29.2 Å². The molecule has 0 unspecified atom stereocenters. The van der Waals surface area contributed by atoms with E-state index in [1.165, 1.54) is 12.1 Å². The van der Waals surface area contributed by atoms with Crippen LogP contribution in [0.25, 0.3) is 0 Å². The van der Waals surface area contributed by atoms with Gasteiger partial charge in [0.2, 0.25) is 10.0 Å². The summed E-state index contributed by atoms with van der Waals surface area (Å²) in [4.78, 5) is 23.5.